The number of aromatic nitrogens is 1. The number of pyridine rings is 1. The van der Waals surface area contributed by atoms with E-state index < -0.39 is 4.92 Å². The number of nitrogens with one attached hydrogen (secondary N) is 1. The average Bonchev–Trinajstić information content (AvgIpc) is 2.34. The third-order valence-electron chi connectivity index (χ3n) is 2.65. The number of halogens is 1. The van der Waals surface area contributed by atoms with Crippen LogP contribution in [0, 0.1) is 16.0 Å². The number of nitrogens with zero attached hydrogens (tertiary/aromatic N) is 2. The molecule has 2 aromatic rings. The molecular weight excluding hydrogens is 266 g/mol. The summed E-state index contributed by atoms with van der Waals surface area (Å²) in [7, 11) is 0. The molecule has 0 atom stereocenters. The van der Waals surface area contributed by atoms with Gasteiger partial charge in [-0.05, 0) is 28.0 Å². The quantitative estimate of drug-likeness (QED) is 0.681. The molecule has 100 valence electrons. The molecule has 0 fully saturated rings. The first-order valence-corrected chi connectivity index (χ1v) is 6.33. The summed E-state index contributed by atoms with van der Waals surface area (Å²) < 4.78 is 0. The Kier molecular flexibility index (Phi) is 3.85. The van der Waals surface area contributed by atoms with Crippen LogP contribution in [0.4, 0.5) is 11.5 Å². The van der Waals surface area contributed by atoms with Crippen molar-refractivity contribution in [2.24, 2.45) is 5.92 Å². The summed E-state index contributed by atoms with van der Waals surface area (Å²) in [5.74, 6) is 0.260. The molecule has 0 saturated carbocycles. The summed E-state index contributed by atoms with van der Waals surface area (Å²) in [6.07, 6.45) is 0. The number of fused-ring (bicyclic) bond motifs is 1. The third-order valence-corrected chi connectivity index (χ3v) is 2.88. The highest BCUT2D eigenvalue weighted by Crippen LogP contribution is 2.28. The standard InChI is InChI=1S/C13H14ClN3O2/c1-8(2)7-15-11-6-13(17(18)19)16-12-5-9(14)3-4-10(11)12/h3-6,8H,7H2,1-2H3,(H,15,16). The minimum Gasteiger partial charge on any atom is -0.384 e. The molecule has 0 radical (unpaired) electrons. The lowest BCUT2D eigenvalue weighted by Crippen LogP contribution is -2.09. The average molecular weight is 280 g/mol. The van der Waals surface area contributed by atoms with E-state index in [2.05, 4.69) is 24.1 Å². The Balaban J connectivity index is 2.55. The molecule has 1 N–H and O–H groups in total. The smallest absolute Gasteiger partial charge is 0.366 e. The summed E-state index contributed by atoms with van der Waals surface area (Å²) in [5.41, 5.74) is 1.23. The molecule has 6 heteroatoms. The van der Waals surface area contributed by atoms with Crippen LogP contribution in [-0.4, -0.2) is 16.5 Å². The third kappa shape index (κ3) is 3.12. The molecule has 0 aliphatic heterocycles. The van der Waals surface area contributed by atoms with Crippen molar-refractivity contribution >= 4 is 34.0 Å². The second-order valence-electron chi connectivity index (χ2n) is 4.72. The summed E-state index contributed by atoms with van der Waals surface area (Å²) >= 11 is 5.90. The van der Waals surface area contributed by atoms with Gasteiger partial charge in [-0.1, -0.05) is 25.4 Å². The number of benzene rings is 1. The van der Waals surface area contributed by atoms with Crippen LogP contribution in [0.1, 0.15) is 13.8 Å². The van der Waals surface area contributed by atoms with Gasteiger partial charge in [0, 0.05) is 23.0 Å². The van der Waals surface area contributed by atoms with Crippen molar-refractivity contribution in [3.63, 3.8) is 0 Å². The Bertz CT molecular complexity index is 629. The van der Waals surface area contributed by atoms with E-state index in [9.17, 15) is 10.1 Å². The van der Waals surface area contributed by atoms with Crippen LogP contribution in [0.25, 0.3) is 10.9 Å². The second-order valence-corrected chi connectivity index (χ2v) is 5.16. The Labute approximate surface area is 115 Å². The minimum atomic E-state index is -0.499. The normalized spacial score (nSPS) is 10.9. The number of nitro groups is 1. The zero-order valence-electron chi connectivity index (χ0n) is 10.7. The molecule has 5 nitrogen and oxygen atoms in total. The van der Waals surface area contributed by atoms with Gasteiger partial charge in [-0.2, -0.15) is 0 Å². The lowest BCUT2D eigenvalue weighted by Gasteiger charge is -2.10. The van der Waals surface area contributed by atoms with Crippen LogP contribution in [0.15, 0.2) is 24.3 Å². The number of hydrogen-bond donors (Lipinski definition) is 1. The number of rotatable bonds is 4. The van der Waals surface area contributed by atoms with Crippen LogP contribution >= 0.6 is 11.6 Å². The van der Waals surface area contributed by atoms with Crippen LogP contribution in [0.3, 0.4) is 0 Å². The first-order chi connectivity index (χ1) is 8.97. The van der Waals surface area contributed by atoms with E-state index in [0.717, 1.165) is 11.9 Å². The van der Waals surface area contributed by atoms with E-state index in [-0.39, 0.29) is 5.82 Å². The summed E-state index contributed by atoms with van der Waals surface area (Å²) in [6.45, 7) is 4.88. The maximum Gasteiger partial charge on any atom is 0.366 e. The number of anilines is 1. The van der Waals surface area contributed by atoms with Crippen molar-refractivity contribution in [2.45, 2.75) is 13.8 Å². The van der Waals surface area contributed by atoms with Gasteiger partial charge in [0.05, 0.1) is 11.8 Å². The van der Waals surface area contributed by atoms with Gasteiger partial charge in [-0.25, -0.2) is 0 Å². The monoisotopic (exact) mass is 279 g/mol. The van der Waals surface area contributed by atoms with E-state index in [1.807, 2.05) is 6.07 Å². The fourth-order valence-corrected chi connectivity index (χ4v) is 1.91. The summed E-state index contributed by atoms with van der Waals surface area (Å²) in [4.78, 5) is 14.4. The van der Waals surface area contributed by atoms with Crippen LogP contribution in [0.2, 0.25) is 5.02 Å². The molecule has 0 bridgehead atoms. The molecule has 19 heavy (non-hydrogen) atoms. The Morgan fingerprint density at radius 2 is 2.16 bits per heavy atom. The Hall–Kier alpha value is -1.88. The highest BCUT2D eigenvalue weighted by atomic mass is 35.5. The largest absolute Gasteiger partial charge is 0.384 e. The van der Waals surface area contributed by atoms with Gasteiger partial charge >= 0.3 is 5.82 Å². The van der Waals surface area contributed by atoms with Gasteiger partial charge in [-0.15, -0.1) is 0 Å². The molecule has 0 spiro atoms. The van der Waals surface area contributed by atoms with E-state index in [1.54, 1.807) is 12.1 Å². The van der Waals surface area contributed by atoms with Crippen molar-refractivity contribution in [3.8, 4) is 0 Å². The first-order valence-electron chi connectivity index (χ1n) is 5.96. The lowest BCUT2D eigenvalue weighted by molar-refractivity contribution is -0.389. The molecule has 0 amide bonds. The topological polar surface area (TPSA) is 68.1 Å². The first kappa shape index (κ1) is 13.5. The van der Waals surface area contributed by atoms with E-state index >= 15 is 0 Å². The van der Waals surface area contributed by atoms with Crippen molar-refractivity contribution in [1.82, 2.24) is 4.98 Å². The number of hydrogen-bond acceptors (Lipinski definition) is 4. The SMILES string of the molecule is CC(C)CNc1cc([N+](=O)[O-])nc2cc(Cl)ccc12. The molecule has 0 aliphatic rings. The lowest BCUT2D eigenvalue weighted by atomic mass is 10.1. The molecule has 0 aliphatic carbocycles. The molecular formula is C13H14ClN3O2. The van der Waals surface area contributed by atoms with Gasteiger partial charge < -0.3 is 15.4 Å². The van der Waals surface area contributed by atoms with E-state index in [1.165, 1.54) is 6.07 Å². The van der Waals surface area contributed by atoms with E-state index in [0.29, 0.717) is 22.1 Å². The molecule has 1 aromatic carbocycles. The molecule has 1 heterocycles. The van der Waals surface area contributed by atoms with Gasteiger partial charge in [0.2, 0.25) is 0 Å². The molecule has 0 unspecified atom stereocenters. The summed E-state index contributed by atoms with van der Waals surface area (Å²) in [5, 5.41) is 15.5. The van der Waals surface area contributed by atoms with Crippen molar-refractivity contribution in [1.29, 1.82) is 0 Å². The Morgan fingerprint density at radius 3 is 2.79 bits per heavy atom. The highest BCUT2D eigenvalue weighted by Gasteiger charge is 2.15. The van der Waals surface area contributed by atoms with Crippen molar-refractivity contribution in [2.75, 3.05) is 11.9 Å². The predicted octanol–water partition coefficient (Wildman–Crippen LogP) is 3.86. The van der Waals surface area contributed by atoms with Crippen LogP contribution in [0.5, 0.6) is 0 Å². The summed E-state index contributed by atoms with van der Waals surface area (Å²) in [6, 6.07) is 6.65. The van der Waals surface area contributed by atoms with E-state index in [4.69, 9.17) is 11.6 Å². The van der Waals surface area contributed by atoms with Crippen LogP contribution < -0.4 is 5.32 Å². The zero-order chi connectivity index (χ0) is 14.0. The second kappa shape index (κ2) is 5.40. The minimum absolute atomic E-state index is 0.180. The zero-order valence-corrected chi connectivity index (χ0v) is 11.4. The Morgan fingerprint density at radius 1 is 1.42 bits per heavy atom. The van der Waals surface area contributed by atoms with Crippen molar-refractivity contribution in [3.05, 3.63) is 39.4 Å². The van der Waals surface area contributed by atoms with Crippen LogP contribution in [-0.2, 0) is 0 Å². The maximum absolute atomic E-state index is 10.9. The van der Waals surface area contributed by atoms with Gasteiger partial charge in [0.15, 0.2) is 5.52 Å². The van der Waals surface area contributed by atoms with Gasteiger partial charge in [0.25, 0.3) is 0 Å². The fourth-order valence-electron chi connectivity index (χ4n) is 1.74. The highest BCUT2D eigenvalue weighted by molar-refractivity contribution is 6.31. The predicted molar refractivity (Wildman–Crippen MR) is 76.7 cm³/mol. The van der Waals surface area contributed by atoms with Gasteiger partial charge in [0.1, 0.15) is 0 Å². The van der Waals surface area contributed by atoms with Gasteiger partial charge in [-0.3, -0.25) is 0 Å². The molecule has 1 aromatic heterocycles. The molecule has 2 rings (SSSR count). The molecule has 0 saturated heterocycles. The fraction of sp³-hybridized carbons (Fsp3) is 0.308. The maximum atomic E-state index is 10.9. The van der Waals surface area contributed by atoms with Crippen molar-refractivity contribution < 1.29 is 4.92 Å².